The SMILES string of the molecule is CCn1cc(-c2n[nH]c(=O)n2C(C)C(=O)O)c(C)n1. The molecule has 19 heavy (non-hydrogen) atoms. The highest BCUT2D eigenvalue weighted by molar-refractivity contribution is 5.72. The van der Waals surface area contributed by atoms with Gasteiger partial charge in [-0.15, -0.1) is 0 Å². The van der Waals surface area contributed by atoms with Gasteiger partial charge in [0.15, 0.2) is 5.82 Å². The van der Waals surface area contributed by atoms with Crippen LogP contribution in [-0.4, -0.2) is 35.6 Å². The van der Waals surface area contributed by atoms with Crippen LogP contribution in [0.1, 0.15) is 25.6 Å². The highest BCUT2D eigenvalue weighted by atomic mass is 16.4. The number of H-pyrrole nitrogens is 1. The van der Waals surface area contributed by atoms with Crippen LogP contribution in [-0.2, 0) is 11.3 Å². The quantitative estimate of drug-likeness (QED) is 0.832. The van der Waals surface area contributed by atoms with Gasteiger partial charge >= 0.3 is 11.7 Å². The van der Waals surface area contributed by atoms with Crippen molar-refractivity contribution in [2.24, 2.45) is 0 Å². The number of carboxylic acids is 1. The Balaban J connectivity index is 2.60. The predicted molar refractivity (Wildman–Crippen MR) is 66.8 cm³/mol. The van der Waals surface area contributed by atoms with Crippen molar-refractivity contribution in [1.82, 2.24) is 24.5 Å². The van der Waals surface area contributed by atoms with Crippen molar-refractivity contribution >= 4 is 5.97 Å². The summed E-state index contributed by atoms with van der Waals surface area (Å²) in [6, 6.07) is -0.995. The Morgan fingerprint density at radius 1 is 1.58 bits per heavy atom. The van der Waals surface area contributed by atoms with Crippen molar-refractivity contribution in [1.29, 1.82) is 0 Å². The van der Waals surface area contributed by atoms with Crippen molar-refractivity contribution in [2.45, 2.75) is 33.4 Å². The molecule has 2 heterocycles. The average Bonchev–Trinajstić information content (AvgIpc) is 2.91. The highest BCUT2D eigenvalue weighted by Gasteiger charge is 2.23. The normalized spacial score (nSPS) is 12.6. The van der Waals surface area contributed by atoms with Crippen LogP contribution in [0.4, 0.5) is 0 Å². The molecular weight excluding hydrogens is 250 g/mol. The monoisotopic (exact) mass is 265 g/mol. The number of aromatic nitrogens is 5. The Hall–Kier alpha value is -2.38. The maximum Gasteiger partial charge on any atom is 0.344 e. The molecule has 0 saturated carbocycles. The third kappa shape index (κ3) is 2.16. The van der Waals surface area contributed by atoms with E-state index in [0.29, 0.717) is 17.8 Å². The standard InChI is InChI=1S/C11H15N5O3/c1-4-15-5-8(6(2)14-15)9-12-13-11(19)16(9)7(3)10(17)18/h5,7H,4H2,1-3H3,(H,13,19)(H,17,18). The van der Waals surface area contributed by atoms with Crippen molar-refractivity contribution in [3.63, 3.8) is 0 Å². The van der Waals surface area contributed by atoms with Gasteiger partial charge in [0.2, 0.25) is 0 Å². The molecule has 8 heteroatoms. The van der Waals surface area contributed by atoms with E-state index in [1.807, 2.05) is 6.92 Å². The van der Waals surface area contributed by atoms with Gasteiger partial charge < -0.3 is 5.11 Å². The first-order valence-corrected chi connectivity index (χ1v) is 5.89. The molecule has 0 aliphatic carbocycles. The molecule has 2 aromatic rings. The largest absolute Gasteiger partial charge is 0.480 e. The number of hydrogen-bond acceptors (Lipinski definition) is 4. The molecule has 2 N–H and O–H groups in total. The topological polar surface area (TPSA) is 106 Å². The Morgan fingerprint density at radius 2 is 2.26 bits per heavy atom. The van der Waals surface area contributed by atoms with Gasteiger partial charge in [0.05, 0.1) is 11.3 Å². The summed E-state index contributed by atoms with van der Waals surface area (Å²) >= 11 is 0. The minimum Gasteiger partial charge on any atom is -0.480 e. The third-order valence-electron chi connectivity index (χ3n) is 2.96. The number of aryl methyl sites for hydroxylation is 2. The molecule has 0 amide bonds. The first-order valence-electron chi connectivity index (χ1n) is 5.89. The molecule has 1 unspecified atom stereocenters. The molecule has 1 atom stereocenters. The summed E-state index contributed by atoms with van der Waals surface area (Å²) in [6.07, 6.45) is 1.75. The molecule has 2 aromatic heterocycles. The number of aliphatic carboxylic acids is 1. The molecule has 0 bridgehead atoms. The van der Waals surface area contributed by atoms with Crippen molar-refractivity contribution in [3.05, 3.63) is 22.4 Å². The minimum atomic E-state index is -1.09. The van der Waals surface area contributed by atoms with Gasteiger partial charge in [-0.3, -0.25) is 9.25 Å². The number of carboxylic acid groups (broad SMARTS) is 1. The fourth-order valence-corrected chi connectivity index (χ4v) is 1.86. The summed E-state index contributed by atoms with van der Waals surface area (Å²) in [5, 5.41) is 19.5. The van der Waals surface area contributed by atoms with Crippen LogP contribution in [0.3, 0.4) is 0 Å². The number of carbonyl (C=O) groups is 1. The van der Waals surface area contributed by atoms with Crippen LogP contribution in [0.5, 0.6) is 0 Å². The van der Waals surface area contributed by atoms with Crippen molar-refractivity contribution in [2.75, 3.05) is 0 Å². The number of nitrogens with one attached hydrogen (secondary N) is 1. The van der Waals surface area contributed by atoms with Crippen LogP contribution in [0.15, 0.2) is 11.0 Å². The van der Waals surface area contributed by atoms with Crippen LogP contribution in [0.25, 0.3) is 11.4 Å². The van der Waals surface area contributed by atoms with Crippen LogP contribution in [0.2, 0.25) is 0 Å². The van der Waals surface area contributed by atoms with E-state index in [1.165, 1.54) is 6.92 Å². The minimum absolute atomic E-state index is 0.289. The van der Waals surface area contributed by atoms with Gasteiger partial charge in [0, 0.05) is 12.7 Å². The Morgan fingerprint density at radius 3 is 2.79 bits per heavy atom. The van der Waals surface area contributed by atoms with Gasteiger partial charge in [-0.05, 0) is 20.8 Å². The van der Waals surface area contributed by atoms with E-state index in [9.17, 15) is 9.59 Å². The Bertz CT molecular complexity index is 666. The molecular formula is C11H15N5O3. The molecule has 2 rings (SSSR count). The smallest absolute Gasteiger partial charge is 0.344 e. The van der Waals surface area contributed by atoms with E-state index in [1.54, 1.807) is 17.8 Å². The molecule has 0 spiro atoms. The van der Waals surface area contributed by atoms with E-state index in [-0.39, 0.29) is 5.82 Å². The third-order valence-corrected chi connectivity index (χ3v) is 2.96. The lowest BCUT2D eigenvalue weighted by Crippen LogP contribution is -2.26. The lowest BCUT2D eigenvalue weighted by molar-refractivity contribution is -0.140. The summed E-state index contributed by atoms with van der Waals surface area (Å²) in [5.74, 6) is -0.803. The lowest BCUT2D eigenvalue weighted by atomic mass is 10.2. The van der Waals surface area contributed by atoms with E-state index >= 15 is 0 Å². The molecule has 0 fully saturated rings. The second kappa shape index (κ2) is 4.71. The number of hydrogen-bond donors (Lipinski definition) is 2. The molecule has 0 aliphatic rings. The Labute approximate surface area is 108 Å². The predicted octanol–water partition coefficient (Wildman–Crippen LogP) is 0.409. The van der Waals surface area contributed by atoms with Crippen LogP contribution in [0, 0.1) is 6.92 Å². The van der Waals surface area contributed by atoms with Gasteiger partial charge in [-0.2, -0.15) is 10.2 Å². The molecule has 0 aromatic carbocycles. The maximum atomic E-state index is 11.7. The molecule has 8 nitrogen and oxygen atoms in total. The van der Waals surface area contributed by atoms with Gasteiger partial charge in [-0.25, -0.2) is 14.7 Å². The summed E-state index contributed by atoms with van der Waals surface area (Å²) in [4.78, 5) is 22.8. The van der Waals surface area contributed by atoms with E-state index in [0.717, 1.165) is 4.57 Å². The molecule has 0 saturated heterocycles. The zero-order valence-electron chi connectivity index (χ0n) is 10.9. The maximum absolute atomic E-state index is 11.7. The summed E-state index contributed by atoms with van der Waals surface area (Å²) < 4.78 is 2.83. The van der Waals surface area contributed by atoms with E-state index in [4.69, 9.17) is 5.11 Å². The van der Waals surface area contributed by atoms with E-state index < -0.39 is 17.7 Å². The van der Waals surface area contributed by atoms with Gasteiger partial charge in [0.1, 0.15) is 6.04 Å². The van der Waals surface area contributed by atoms with Crippen LogP contribution < -0.4 is 5.69 Å². The van der Waals surface area contributed by atoms with Crippen LogP contribution >= 0.6 is 0 Å². The molecule has 0 aliphatic heterocycles. The fourth-order valence-electron chi connectivity index (χ4n) is 1.86. The van der Waals surface area contributed by atoms with Gasteiger partial charge in [-0.1, -0.05) is 0 Å². The van der Waals surface area contributed by atoms with Crippen molar-refractivity contribution < 1.29 is 9.90 Å². The summed E-state index contributed by atoms with van der Waals surface area (Å²) in [6.45, 7) is 5.84. The average molecular weight is 265 g/mol. The van der Waals surface area contributed by atoms with Crippen molar-refractivity contribution in [3.8, 4) is 11.4 Å². The second-order valence-electron chi connectivity index (χ2n) is 4.22. The first kappa shape index (κ1) is 13.1. The number of rotatable bonds is 4. The number of nitrogens with zero attached hydrogens (tertiary/aromatic N) is 4. The Kier molecular flexibility index (Phi) is 3.24. The fraction of sp³-hybridized carbons (Fsp3) is 0.455. The molecule has 0 radical (unpaired) electrons. The lowest BCUT2D eigenvalue weighted by Gasteiger charge is -2.08. The summed E-state index contributed by atoms with van der Waals surface area (Å²) in [5.41, 5.74) is 0.793. The zero-order chi connectivity index (χ0) is 14.2. The highest BCUT2D eigenvalue weighted by Crippen LogP contribution is 2.21. The first-order chi connectivity index (χ1) is 8.95. The summed E-state index contributed by atoms with van der Waals surface area (Å²) in [7, 11) is 0. The van der Waals surface area contributed by atoms with Gasteiger partial charge in [0.25, 0.3) is 0 Å². The van der Waals surface area contributed by atoms with E-state index in [2.05, 4.69) is 15.3 Å². The second-order valence-corrected chi connectivity index (χ2v) is 4.22. The molecule has 102 valence electrons. The zero-order valence-corrected chi connectivity index (χ0v) is 10.9. The number of aromatic amines is 1.